The molecule has 0 spiro atoms. The Hall–Kier alpha value is -4.37. The summed E-state index contributed by atoms with van der Waals surface area (Å²) in [4.78, 5) is 38.4. The average molecular weight is 531 g/mol. The zero-order valence-corrected chi connectivity index (χ0v) is 22.3. The van der Waals surface area contributed by atoms with Crippen LogP contribution < -0.4 is 10.6 Å². The number of aliphatic hydroxyl groups is 1. The van der Waals surface area contributed by atoms with Crippen LogP contribution in [-0.4, -0.2) is 48.2 Å². The number of ether oxygens (including phenoxy) is 1. The molecule has 9 nitrogen and oxygen atoms in total. The van der Waals surface area contributed by atoms with Crippen LogP contribution in [0.3, 0.4) is 0 Å². The van der Waals surface area contributed by atoms with Gasteiger partial charge in [-0.1, -0.05) is 62.4 Å². The minimum absolute atomic E-state index is 0.0833. The van der Waals surface area contributed by atoms with E-state index in [-0.39, 0.29) is 12.3 Å². The van der Waals surface area contributed by atoms with Crippen LogP contribution in [0.5, 0.6) is 0 Å². The van der Waals surface area contributed by atoms with Crippen LogP contribution in [0.25, 0.3) is 0 Å². The number of hydrogen-bond donors (Lipinski definition) is 3. The molecule has 0 saturated heterocycles. The van der Waals surface area contributed by atoms with Gasteiger partial charge in [-0.25, -0.2) is 4.79 Å². The van der Waals surface area contributed by atoms with Gasteiger partial charge in [-0.15, -0.1) is 0 Å². The number of carbonyl (C=O) groups excluding carboxylic acids is 3. The molecule has 3 aromatic rings. The van der Waals surface area contributed by atoms with Gasteiger partial charge in [0.15, 0.2) is 6.10 Å². The smallest absolute Gasteiger partial charge is 0.336 e. The average Bonchev–Trinajstić information content (AvgIpc) is 2.95. The molecule has 0 aliphatic carbocycles. The van der Waals surface area contributed by atoms with E-state index in [4.69, 9.17) is 0 Å². The van der Waals surface area contributed by atoms with Crippen molar-refractivity contribution in [3.63, 3.8) is 0 Å². The van der Waals surface area contributed by atoms with Gasteiger partial charge in [0.05, 0.1) is 24.5 Å². The monoisotopic (exact) mass is 530 g/mol. The maximum atomic E-state index is 13.3. The molecular weight excluding hydrogens is 496 g/mol. The number of esters is 1. The van der Waals surface area contributed by atoms with Crippen LogP contribution in [0.4, 0.5) is 11.4 Å². The van der Waals surface area contributed by atoms with Crippen LogP contribution in [-0.2, 0) is 20.7 Å². The van der Waals surface area contributed by atoms with Crippen molar-refractivity contribution < 1.29 is 24.2 Å². The lowest BCUT2D eigenvalue weighted by molar-refractivity contribution is -0.152. The van der Waals surface area contributed by atoms with E-state index in [1.54, 1.807) is 24.3 Å². The van der Waals surface area contributed by atoms with Crippen LogP contribution in [0.2, 0.25) is 0 Å². The van der Waals surface area contributed by atoms with Crippen molar-refractivity contribution >= 4 is 29.2 Å². The van der Waals surface area contributed by atoms with Crippen molar-refractivity contribution in [3.05, 3.63) is 96.1 Å². The van der Waals surface area contributed by atoms with E-state index < -0.39 is 36.0 Å². The molecule has 0 bridgehead atoms. The second kappa shape index (κ2) is 14.5. The lowest BCUT2D eigenvalue weighted by Gasteiger charge is -2.26. The van der Waals surface area contributed by atoms with Gasteiger partial charge in [0, 0.05) is 5.56 Å². The maximum Gasteiger partial charge on any atom is 0.336 e. The van der Waals surface area contributed by atoms with Crippen molar-refractivity contribution in [2.75, 3.05) is 7.11 Å². The van der Waals surface area contributed by atoms with E-state index in [2.05, 4.69) is 25.6 Å². The minimum atomic E-state index is -1.58. The van der Waals surface area contributed by atoms with Gasteiger partial charge in [-0.05, 0) is 60.7 Å². The van der Waals surface area contributed by atoms with E-state index in [9.17, 15) is 19.5 Å². The molecule has 0 aliphatic rings. The Balaban J connectivity index is 1.71. The molecule has 3 rings (SSSR count). The van der Waals surface area contributed by atoms with Gasteiger partial charge in [-0.3, -0.25) is 9.59 Å². The topological polar surface area (TPSA) is 129 Å². The summed E-state index contributed by atoms with van der Waals surface area (Å²) in [6.07, 6.45) is -1.02. The summed E-state index contributed by atoms with van der Waals surface area (Å²) >= 11 is 0. The summed E-state index contributed by atoms with van der Waals surface area (Å²) in [5.41, 5.74) is 2.46. The molecule has 3 aromatic carbocycles. The van der Waals surface area contributed by atoms with Crippen LogP contribution in [0.15, 0.2) is 95.2 Å². The van der Waals surface area contributed by atoms with Gasteiger partial charge in [0.1, 0.15) is 6.04 Å². The highest BCUT2D eigenvalue weighted by Gasteiger charge is 2.31. The number of benzene rings is 3. The molecule has 204 valence electrons. The molecule has 39 heavy (non-hydrogen) atoms. The zero-order chi connectivity index (χ0) is 28.2. The lowest BCUT2D eigenvalue weighted by Crippen LogP contribution is -2.55. The quantitative estimate of drug-likeness (QED) is 0.234. The predicted octanol–water partition coefficient (Wildman–Crippen LogP) is 4.51. The Bertz CT molecular complexity index is 1250. The Morgan fingerprint density at radius 3 is 1.95 bits per heavy atom. The molecule has 0 heterocycles. The van der Waals surface area contributed by atoms with E-state index >= 15 is 0 Å². The first kappa shape index (κ1) is 29.2. The fourth-order valence-electron chi connectivity index (χ4n) is 3.91. The highest BCUT2D eigenvalue weighted by molar-refractivity contribution is 5.97. The zero-order valence-electron chi connectivity index (χ0n) is 22.3. The van der Waals surface area contributed by atoms with Crippen molar-refractivity contribution in [1.29, 1.82) is 0 Å². The van der Waals surface area contributed by atoms with Gasteiger partial charge < -0.3 is 20.5 Å². The third-order valence-electron chi connectivity index (χ3n) is 5.95. The SMILES string of the molecule is COC(=O)[C@H](O)[C@H](Cc1ccccc1)NC(=O)[C@H](CC(C)C)NC(=O)c1ccc(N=Nc2ccccc2)cc1. The summed E-state index contributed by atoms with van der Waals surface area (Å²) in [5.74, 6) is -1.71. The molecule has 0 fully saturated rings. The minimum Gasteiger partial charge on any atom is -0.467 e. The molecule has 3 atom stereocenters. The Labute approximate surface area is 228 Å². The second-order valence-electron chi connectivity index (χ2n) is 9.51. The number of amides is 2. The maximum absolute atomic E-state index is 13.3. The van der Waals surface area contributed by atoms with Crippen LogP contribution >= 0.6 is 0 Å². The lowest BCUT2D eigenvalue weighted by atomic mass is 9.98. The Morgan fingerprint density at radius 2 is 1.38 bits per heavy atom. The third kappa shape index (κ3) is 9.15. The van der Waals surface area contributed by atoms with Crippen molar-refractivity contribution in [2.24, 2.45) is 16.1 Å². The molecule has 0 saturated carbocycles. The van der Waals surface area contributed by atoms with Crippen molar-refractivity contribution in [2.45, 2.75) is 44.9 Å². The molecule has 0 aliphatic heterocycles. The number of hydrogen-bond acceptors (Lipinski definition) is 7. The second-order valence-corrected chi connectivity index (χ2v) is 9.51. The van der Waals surface area contributed by atoms with Crippen molar-refractivity contribution in [1.82, 2.24) is 10.6 Å². The number of aliphatic hydroxyl groups excluding tert-OH is 1. The molecule has 3 N–H and O–H groups in total. The summed E-state index contributed by atoms with van der Waals surface area (Å²) < 4.78 is 4.69. The van der Waals surface area contributed by atoms with E-state index in [0.717, 1.165) is 5.56 Å². The van der Waals surface area contributed by atoms with Crippen LogP contribution in [0.1, 0.15) is 36.2 Å². The Kier molecular flexibility index (Phi) is 10.9. The molecule has 0 aromatic heterocycles. The first-order valence-corrected chi connectivity index (χ1v) is 12.7. The molecule has 2 amide bonds. The number of nitrogens with zero attached hydrogens (tertiary/aromatic N) is 2. The fraction of sp³-hybridized carbons (Fsp3) is 0.300. The van der Waals surface area contributed by atoms with Crippen molar-refractivity contribution in [3.8, 4) is 0 Å². The largest absolute Gasteiger partial charge is 0.467 e. The number of azo groups is 1. The predicted molar refractivity (Wildman–Crippen MR) is 148 cm³/mol. The normalized spacial score (nSPS) is 13.5. The first-order chi connectivity index (χ1) is 18.8. The summed E-state index contributed by atoms with van der Waals surface area (Å²) in [6, 6.07) is 23.2. The van der Waals surface area contributed by atoms with Crippen LogP contribution in [0, 0.1) is 5.92 Å². The highest BCUT2D eigenvalue weighted by Crippen LogP contribution is 2.19. The first-order valence-electron chi connectivity index (χ1n) is 12.7. The van der Waals surface area contributed by atoms with Gasteiger partial charge in [0.25, 0.3) is 5.91 Å². The number of carbonyl (C=O) groups is 3. The molecular formula is C30H34N4O5. The highest BCUT2D eigenvalue weighted by atomic mass is 16.5. The standard InChI is InChI=1S/C30H34N4O5/c1-20(2)18-26(29(37)31-25(27(35)30(38)39-3)19-21-10-6-4-7-11-21)32-28(36)22-14-16-24(17-15-22)34-33-23-12-8-5-9-13-23/h4-17,20,25-27,35H,18-19H2,1-3H3,(H,31,37)(H,32,36)/t25-,26-,27+/m0/s1. The summed E-state index contributed by atoms with van der Waals surface area (Å²) in [7, 11) is 1.17. The number of rotatable bonds is 12. The number of nitrogens with one attached hydrogen (secondary N) is 2. The van der Waals surface area contributed by atoms with Gasteiger partial charge in [0.2, 0.25) is 5.91 Å². The van der Waals surface area contributed by atoms with E-state index in [0.29, 0.717) is 23.4 Å². The van der Waals surface area contributed by atoms with E-state index in [1.807, 2.05) is 74.5 Å². The molecule has 0 unspecified atom stereocenters. The van der Waals surface area contributed by atoms with E-state index in [1.165, 1.54) is 7.11 Å². The summed E-state index contributed by atoms with van der Waals surface area (Å²) in [6.45, 7) is 3.87. The Morgan fingerprint density at radius 1 is 0.821 bits per heavy atom. The third-order valence-corrected chi connectivity index (χ3v) is 5.95. The van der Waals surface area contributed by atoms with Gasteiger partial charge >= 0.3 is 5.97 Å². The van der Waals surface area contributed by atoms with Gasteiger partial charge in [-0.2, -0.15) is 10.2 Å². The number of methoxy groups -OCH3 is 1. The summed E-state index contributed by atoms with van der Waals surface area (Å²) in [5, 5.41) is 24.4. The fourth-order valence-corrected chi connectivity index (χ4v) is 3.91. The molecule has 9 heteroatoms. The molecule has 0 radical (unpaired) electrons.